The lowest BCUT2D eigenvalue weighted by molar-refractivity contribution is 0.147. The van der Waals surface area contributed by atoms with Crippen LogP contribution in [0.1, 0.15) is 37.4 Å². The lowest BCUT2D eigenvalue weighted by atomic mass is 9.98. The molecule has 0 bridgehead atoms. The third kappa shape index (κ3) is 6.48. The standard InChI is InChI=1S/C17H31N5S.HI/c1-13-6-8-22(9-7-13)14(2)10-19-17(18-4)21(5)11-16-12-23-15(3)20-16;/h12-14H,6-11H2,1-5H3,(H,18,19);1H. The van der Waals surface area contributed by atoms with Crippen molar-refractivity contribution in [3.63, 3.8) is 0 Å². The molecule has 1 saturated heterocycles. The van der Waals surface area contributed by atoms with Crippen LogP contribution in [-0.2, 0) is 6.54 Å². The van der Waals surface area contributed by atoms with Gasteiger partial charge in [0, 0.05) is 32.1 Å². The van der Waals surface area contributed by atoms with Crippen molar-refractivity contribution in [3.8, 4) is 0 Å². The number of halogens is 1. The van der Waals surface area contributed by atoms with Crippen LogP contribution in [0.5, 0.6) is 0 Å². The number of aryl methyl sites for hydroxylation is 1. The molecule has 2 heterocycles. The van der Waals surface area contributed by atoms with E-state index in [0.717, 1.165) is 35.7 Å². The highest BCUT2D eigenvalue weighted by Crippen LogP contribution is 2.17. The second-order valence-electron chi connectivity index (χ2n) is 6.71. The van der Waals surface area contributed by atoms with E-state index in [-0.39, 0.29) is 24.0 Å². The molecule has 7 heteroatoms. The Hall–Kier alpha value is -0.410. The van der Waals surface area contributed by atoms with Gasteiger partial charge in [-0.25, -0.2) is 4.98 Å². The van der Waals surface area contributed by atoms with E-state index in [1.807, 2.05) is 14.0 Å². The van der Waals surface area contributed by atoms with Crippen LogP contribution in [0.15, 0.2) is 10.4 Å². The summed E-state index contributed by atoms with van der Waals surface area (Å²) in [5.74, 6) is 1.82. The number of hydrogen-bond donors (Lipinski definition) is 1. The minimum atomic E-state index is 0. The number of nitrogens with zero attached hydrogens (tertiary/aromatic N) is 4. The Morgan fingerprint density at radius 2 is 2.17 bits per heavy atom. The molecule has 24 heavy (non-hydrogen) atoms. The maximum Gasteiger partial charge on any atom is 0.193 e. The predicted molar refractivity (Wildman–Crippen MR) is 115 cm³/mol. The van der Waals surface area contributed by atoms with E-state index in [2.05, 4.69) is 51.4 Å². The smallest absolute Gasteiger partial charge is 0.193 e. The summed E-state index contributed by atoms with van der Waals surface area (Å²) < 4.78 is 0. The van der Waals surface area contributed by atoms with E-state index in [4.69, 9.17) is 0 Å². The van der Waals surface area contributed by atoms with Crippen LogP contribution < -0.4 is 5.32 Å². The third-order valence-corrected chi connectivity index (χ3v) is 5.46. The molecule has 1 fully saturated rings. The van der Waals surface area contributed by atoms with Gasteiger partial charge in [-0.15, -0.1) is 35.3 Å². The van der Waals surface area contributed by atoms with Crippen molar-refractivity contribution in [1.82, 2.24) is 20.1 Å². The van der Waals surface area contributed by atoms with Gasteiger partial charge in [0.1, 0.15) is 0 Å². The van der Waals surface area contributed by atoms with Crippen LogP contribution in [0.3, 0.4) is 0 Å². The molecule has 0 amide bonds. The highest BCUT2D eigenvalue weighted by molar-refractivity contribution is 14.0. The number of guanidine groups is 1. The number of aromatic nitrogens is 1. The van der Waals surface area contributed by atoms with Gasteiger partial charge in [0.2, 0.25) is 0 Å². The summed E-state index contributed by atoms with van der Waals surface area (Å²) in [6, 6.07) is 0.536. The van der Waals surface area contributed by atoms with Crippen LogP contribution in [0, 0.1) is 12.8 Å². The highest BCUT2D eigenvalue weighted by atomic mass is 127. The maximum absolute atomic E-state index is 4.53. The Kier molecular flexibility index (Phi) is 9.51. The summed E-state index contributed by atoms with van der Waals surface area (Å²) >= 11 is 1.70. The van der Waals surface area contributed by atoms with E-state index < -0.39 is 0 Å². The first-order valence-electron chi connectivity index (χ1n) is 8.56. The molecule has 1 aliphatic heterocycles. The fourth-order valence-electron chi connectivity index (χ4n) is 3.02. The Bertz CT molecular complexity index is 511. The average Bonchev–Trinajstić information content (AvgIpc) is 2.93. The fraction of sp³-hybridized carbons (Fsp3) is 0.765. The number of rotatable bonds is 5. The zero-order chi connectivity index (χ0) is 16.8. The van der Waals surface area contributed by atoms with E-state index in [1.165, 1.54) is 25.9 Å². The van der Waals surface area contributed by atoms with Crippen LogP contribution in [-0.4, -0.2) is 60.5 Å². The molecule has 0 aliphatic carbocycles. The summed E-state index contributed by atoms with van der Waals surface area (Å²) in [6.07, 6.45) is 2.64. The molecule has 1 atom stereocenters. The Morgan fingerprint density at radius 3 is 2.71 bits per heavy atom. The first-order valence-corrected chi connectivity index (χ1v) is 9.44. The largest absolute Gasteiger partial charge is 0.355 e. The molecule has 0 aromatic carbocycles. The van der Waals surface area contributed by atoms with E-state index in [9.17, 15) is 0 Å². The maximum atomic E-state index is 4.53. The van der Waals surface area contributed by atoms with Crippen molar-refractivity contribution in [1.29, 1.82) is 0 Å². The molecule has 0 spiro atoms. The number of thiazole rings is 1. The number of hydrogen-bond acceptors (Lipinski definition) is 4. The number of nitrogens with one attached hydrogen (secondary N) is 1. The van der Waals surface area contributed by atoms with Crippen molar-refractivity contribution >= 4 is 41.3 Å². The second-order valence-corrected chi connectivity index (χ2v) is 7.77. The molecule has 1 N–H and O–H groups in total. The van der Waals surface area contributed by atoms with Gasteiger partial charge >= 0.3 is 0 Å². The van der Waals surface area contributed by atoms with Gasteiger partial charge in [0.05, 0.1) is 17.2 Å². The molecule has 5 nitrogen and oxygen atoms in total. The molecular weight excluding hydrogens is 433 g/mol. The Balaban J connectivity index is 0.00000288. The van der Waals surface area contributed by atoms with Crippen molar-refractivity contribution in [2.75, 3.05) is 33.7 Å². The van der Waals surface area contributed by atoms with Crippen LogP contribution in [0.4, 0.5) is 0 Å². The molecule has 1 unspecified atom stereocenters. The second kappa shape index (κ2) is 10.6. The predicted octanol–water partition coefficient (Wildman–Crippen LogP) is 3.20. The van der Waals surface area contributed by atoms with Crippen molar-refractivity contribution < 1.29 is 0 Å². The molecule has 0 saturated carbocycles. The van der Waals surface area contributed by atoms with Gasteiger partial charge in [0.15, 0.2) is 5.96 Å². The minimum absolute atomic E-state index is 0. The molecule has 1 aromatic heterocycles. The van der Waals surface area contributed by atoms with E-state index in [0.29, 0.717) is 6.04 Å². The monoisotopic (exact) mass is 465 g/mol. The van der Waals surface area contributed by atoms with Crippen LogP contribution >= 0.6 is 35.3 Å². The lowest BCUT2D eigenvalue weighted by Crippen LogP contribution is -2.48. The quantitative estimate of drug-likeness (QED) is 0.412. The van der Waals surface area contributed by atoms with Crippen molar-refractivity contribution in [3.05, 3.63) is 16.1 Å². The summed E-state index contributed by atoms with van der Waals surface area (Å²) in [4.78, 5) is 13.7. The molecule has 0 radical (unpaired) electrons. The van der Waals surface area contributed by atoms with Crippen LogP contribution in [0.25, 0.3) is 0 Å². The van der Waals surface area contributed by atoms with Gasteiger partial charge in [-0.3, -0.25) is 9.89 Å². The highest BCUT2D eigenvalue weighted by Gasteiger charge is 2.20. The van der Waals surface area contributed by atoms with Crippen molar-refractivity contribution in [2.45, 2.75) is 46.2 Å². The Morgan fingerprint density at radius 1 is 1.50 bits per heavy atom. The molecule has 2 rings (SSSR count). The zero-order valence-corrected chi connectivity index (χ0v) is 18.7. The van der Waals surface area contributed by atoms with Gasteiger partial charge in [-0.05, 0) is 45.7 Å². The summed E-state index contributed by atoms with van der Waals surface area (Å²) in [5, 5.41) is 6.75. The summed E-state index contributed by atoms with van der Waals surface area (Å²) in [7, 11) is 3.91. The van der Waals surface area contributed by atoms with Gasteiger partial charge in [0.25, 0.3) is 0 Å². The SMILES string of the molecule is CN=C(NCC(C)N1CCC(C)CC1)N(C)Cc1csc(C)n1.I. The van der Waals surface area contributed by atoms with E-state index in [1.54, 1.807) is 11.3 Å². The average molecular weight is 465 g/mol. The van der Waals surface area contributed by atoms with Gasteiger partial charge in [-0.2, -0.15) is 0 Å². The van der Waals surface area contributed by atoms with E-state index >= 15 is 0 Å². The number of piperidine rings is 1. The topological polar surface area (TPSA) is 43.8 Å². The normalized spacial score (nSPS) is 18.1. The fourth-order valence-corrected chi connectivity index (χ4v) is 3.62. The lowest BCUT2D eigenvalue weighted by Gasteiger charge is -2.35. The third-order valence-electron chi connectivity index (χ3n) is 4.64. The van der Waals surface area contributed by atoms with Gasteiger partial charge in [-0.1, -0.05) is 6.92 Å². The summed E-state index contributed by atoms with van der Waals surface area (Å²) in [5.41, 5.74) is 1.11. The first-order chi connectivity index (χ1) is 11.0. The first kappa shape index (κ1) is 21.6. The summed E-state index contributed by atoms with van der Waals surface area (Å²) in [6.45, 7) is 10.9. The minimum Gasteiger partial charge on any atom is -0.355 e. The molecular formula is C17H32IN5S. The molecule has 1 aromatic rings. The number of aliphatic imine (C=N–C) groups is 1. The van der Waals surface area contributed by atoms with Gasteiger partial charge < -0.3 is 10.2 Å². The molecule has 138 valence electrons. The molecule has 1 aliphatic rings. The number of likely N-dealkylation sites (tertiary alicyclic amines) is 1. The Labute approximate surface area is 168 Å². The van der Waals surface area contributed by atoms with Crippen LogP contribution in [0.2, 0.25) is 0 Å². The van der Waals surface area contributed by atoms with Crippen molar-refractivity contribution in [2.24, 2.45) is 10.9 Å². The zero-order valence-electron chi connectivity index (χ0n) is 15.6.